The number of para-hydroxylation sites is 1. The third kappa shape index (κ3) is 3.00. The van der Waals surface area contributed by atoms with Crippen LogP contribution in [0.5, 0.6) is 5.75 Å². The fourth-order valence-electron chi connectivity index (χ4n) is 1.58. The van der Waals surface area contributed by atoms with Crippen LogP contribution >= 0.6 is 11.8 Å². The second-order valence-corrected chi connectivity index (χ2v) is 5.03. The van der Waals surface area contributed by atoms with Crippen molar-refractivity contribution in [1.29, 1.82) is 0 Å². The van der Waals surface area contributed by atoms with Gasteiger partial charge in [0.25, 0.3) is 5.24 Å². The SMILES string of the molecule is C[C@@H](COc1ccccc1)[C@H]1SC(=O)NC1=O. The fraction of sp³-hybridized carbons (Fsp3) is 0.333. The van der Waals surface area contributed by atoms with E-state index in [9.17, 15) is 9.59 Å². The minimum Gasteiger partial charge on any atom is -0.493 e. The highest BCUT2D eigenvalue weighted by molar-refractivity contribution is 8.15. The van der Waals surface area contributed by atoms with Crippen LogP contribution in [0.1, 0.15) is 6.92 Å². The molecule has 2 rings (SSSR count). The Hall–Kier alpha value is -1.49. The third-order valence-electron chi connectivity index (χ3n) is 2.49. The molecular formula is C12H13NO3S. The predicted octanol–water partition coefficient (Wildman–Crippen LogP) is 2.05. The van der Waals surface area contributed by atoms with Gasteiger partial charge < -0.3 is 4.74 Å². The molecule has 2 atom stereocenters. The van der Waals surface area contributed by atoms with Crippen molar-refractivity contribution in [2.24, 2.45) is 5.92 Å². The Bertz CT molecular complexity index is 421. The topological polar surface area (TPSA) is 55.4 Å². The Morgan fingerprint density at radius 1 is 1.35 bits per heavy atom. The van der Waals surface area contributed by atoms with Gasteiger partial charge in [-0.15, -0.1) is 0 Å². The zero-order valence-electron chi connectivity index (χ0n) is 9.38. The standard InChI is InChI=1S/C12H13NO3S/c1-8(10-11(14)13-12(15)17-10)7-16-9-5-3-2-4-6-9/h2-6,8,10H,7H2,1H3,(H,13,14,15)/t8-,10+/m0/s1. The predicted molar refractivity (Wildman–Crippen MR) is 66.0 cm³/mol. The lowest BCUT2D eigenvalue weighted by Crippen LogP contribution is -2.31. The summed E-state index contributed by atoms with van der Waals surface area (Å²) >= 11 is 1.04. The first-order chi connectivity index (χ1) is 8.16. The third-order valence-corrected chi connectivity index (χ3v) is 3.74. The molecule has 1 heterocycles. The van der Waals surface area contributed by atoms with E-state index < -0.39 is 0 Å². The van der Waals surface area contributed by atoms with Crippen LogP contribution in [0.2, 0.25) is 0 Å². The summed E-state index contributed by atoms with van der Waals surface area (Å²) in [6, 6.07) is 9.41. The van der Waals surface area contributed by atoms with Gasteiger partial charge in [0.2, 0.25) is 5.91 Å². The molecule has 90 valence electrons. The molecule has 5 heteroatoms. The van der Waals surface area contributed by atoms with Crippen LogP contribution in [0.25, 0.3) is 0 Å². The average Bonchev–Trinajstić information content (AvgIpc) is 2.67. The van der Waals surface area contributed by atoms with E-state index in [1.165, 1.54) is 0 Å². The van der Waals surface area contributed by atoms with Crippen LogP contribution in [0, 0.1) is 5.92 Å². The molecule has 1 saturated heterocycles. The second kappa shape index (κ2) is 5.23. The molecule has 0 radical (unpaired) electrons. The monoisotopic (exact) mass is 251 g/mol. The Balaban J connectivity index is 1.87. The molecule has 4 nitrogen and oxygen atoms in total. The minimum absolute atomic E-state index is 0.00773. The highest BCUT2D eigenvalue weighted by Crippen LogP contribution is 2.26. The summed E-state index contributed by atoms with van der Waals surface area (Å²) in [5, 5.41) is 1.66. The highest BCUT2D eigenvalue weighted by atomic mass is 32.2. The van der Waals surface area contributed by atoms with E-state index in [1.807, 2.05) is 37.3 Å². The number of ether oxygens (including phenoxy) is 1. The maximum Gasteiger partial charge on any atom is 0.286 e. The van der Waals surface area contributed by atoms with Crippen molar-refractivity contribution in [2.75, 3.05) is 6.61 Å². The molecule has 1 aliphatic heterocycles. The molecule has 0 bridgehead atoms. The second-order valence-electron chi connectivity index (χ2n) is 3.92. The molecule has 1 aromatic carbocycles. The number of hydrogen-bond acceptors (Lipinski definition) is 4. The number of rotatable bonds is 4. The molecule has 0 saturated carbocycles. The van der Waals surface area contributed by atoms with Crippen molar-refractivity contribution in [3.05, 3.63) is 30.3 Å². The van der Waals surface area contributed by atoms with E-state index in [1.54, 1.807) is 0 Å². The molecule has 1 N–H and O–H groups in total. The number of thioether (sulfide) groups is 1. The summed E-state index contributed by atoms with van der Waals surface area (Å²) < 4.78 is 5.56. The van der Waals surface area contributed by atoms with Crippen LogP contribution in [0.4, 0.5) is 4.79 Å². The molecule has 1 aliphatic rings. The molecule has 0 unspecified atom stereocenters. The van der Waals surface area contributed by atoms with Gasteiger partial charge in [-0.05, 0) is 12.1 Å². The van der Waals surface area contributed by atoms with Gasteiger partial charge >= 0.3 is 0 Å². The molecule has 2 amide bonds. The maximum atomic E-state index is 11.4. The summed E-state index contributed by atoms with van der Waals surface area (Å²) in [6.07, 6.45) is 0. The number of imide groups is 1. The highest BCUT2D eigenvalue weighted by Gasteiger charge is 2.35. The van der Waals surface area contributed by atoms with Gasteiger partial charge in [0.05, 0.1) is 11.9 Å². The van der Waals surface area contributed by atoms with E-state index in [4.69, 9.17) is 4.74 Å². The minimum atomic E-state index is -0.341. The van der Waals surface area contributed by atoms with Gasteiger partial charge in [-0.3, -0.25) is 14.9 Å². The first-order valence-corrected chi connectivity index (χ1v) is 6.24. The van der Waals surface area contributed by atoms with Crippen LogP contribution in [-0.4, -0.2) is 23.0 Å². The van der Waals surface area contributed by atoms with E-state index in [-0.39, 0.29) is 22.3 Å². The number of nitrogens with one attached hydrogen (secondary N) is 1. The smallest absolute Gasteiger partial charge is 0.286 e. The number of carbonyl (C=O) groups excluding carboxylic acids is 2. The largest absolute Gasteiger partial charge is 0.493 e. The van der Waals surface area contributed by atoms with Crippen molar-refractivity contribution in [3.8, 4) is 5.75 Å². The van der Waals surface area contributed by atoms with Crippen LogP contribution in [0.3, 0.4) is 0 Å². The summed E-state index contributed by atoms with van der Waals surface area (Å²) in [6.45, 7) is 2.32. The van der Waals surface area contributed by atoms with Crippen LogP contribution in [-0.2, 0) is 4.79 Å². The van der Waals surface area contributed by atoms with Gasteiger partial charge in [-0.25, -0.2) is 0 Å². The molecule has 17 heavy (non-hydrogen) atoms. The first-order valence-electron chi connectivity index (χ1n) is 5.36. The number of carbonyl (C=O) groups is 2. The summed E-state index contributed by atoms with van der Waals surface area (Å²) in [7, 11) is 0. The molecule has 1 fully saturated rings. The Morgan fingerprint density at radius 2 is 2.06 bits per heavy atom. The number of hydrogen-bond donors (Lipinski definition) is 1. The van der Waals surface area contributed by atoms with Crippen molar-refractivity contribution in [2.45, 2.75) is 12.2 Å². The Kier molecular flexibility index (Phi) is 3.68. The zero-order chi connectivity index (χ0) is 12.3. The van der Waals surface area contributed by atoms with Gasteiger partial charge in [-0.2, -0.15) is 0 Å². The Labute approximate surface area is 104 Å². The lowest BCUT2D eigenvalue weighted by atomic mass is 10.1. The fourth-order valence-corrected chi connectivity index (χ4v) is 2.44. The zero-order valence-corrected chi connectivity index (χ0v) is 10.2. The lowest BCUT2D eigenvalue weighted by Gasteiger charge is -2.15. The maximum absolute atomic E-state index is 11.4. The van der Waals surface area contributed by atoms with E-state index in [0.29, 0.717) is 6.61 Å². The molecular weight excluding hydrogens is 238 g/mol. The van der Waals surface area contributed by atoms with Crippen LogP contribution in [0.15, 0.2) is 30.3 Å². The van der Waals surface area contributed by atoms with E-state index in [0.717, 1.165) is 17.5 Å². The van der Waals surface area contributed by atoms with Crippen LogP contribution < -0.4 is 10.1 Å². The summed E-state index contributed by atoms with van der Waals surface area (Å²) in [5.41, 5.74) is 0. The lowest BCUT2D eigenvalue weighted by molar-refractivity contribution is -0.119. The van der Waals surface area contributed by atoms with Gasteiger partial charge in [-0.1, -0.05) is 36.9 Å². The van der Waals surface area contributed by atoms with Gasteiger partial charge in [0, 0.05) is 5.92 Å². The van der Waals surface area contributed by atoms with Gasteiger partial charge in [0.1, 0.15) is 5.75 Å². The molecule has 0 aliphatic carbocycles. The van der Waals surface area contributed by atoms with E-state index >= 15 is 0 Å². The molecule has 1 aromatic rings. The van der Waals surface area contributed by atoms with Gasteiger partial charge in [0.15, 0.2) is 0 Å². The summed E-state index contributed by atoms with van der Waals surface area (Å²) in [5.74, 6) is 0.546. The first kappa shape index (κ1) is 12.0. The molecule has 0 aromatic heterocycles. The Morgan fingerprint density at radius 3 is 2.65 bits per heavy atom. The van der Waals surface area contributed by atoms with E-state index in [2.05, 4.69) is 5.32 Å². The summed E-state index contributed by atoms with van der Waals surface area (Å²) in [4.78, 5) is 22.5. The number of amides is 2. The van der Waals surface area contributed by atoms with Crippen molar-refractivity contribution >= 4 is 22.9 Å². The normalized spacial score (nSPS) is 21.1. The quantitative estimate of drug-likeness (QED) is 0.889. The van der Waals surface area contributed by atoms with Crippen molar-refractivity contribution in [1.82, 2.24) is 5.32 Å². The van der Waals surface area contributed by atoms with Crippen molar-refractivity contribution in [3.63, 3.8) is 0 Å². The average molecular weight is 251 g/mol. The number of benzene rings is 1. The molecule has 0 spiro atoms. The van der Waals surface area contributed by atoms with Crippen molar-refractivity contribution < 1.29 is 14.3 Å².